The van der Waals surface area contributed by atoms with Crippen molar-refractivity contribution in [2.75, 3.05) is 5.32 Å². The molecule has 25 heavy (non-hydrogen) atoms. The number of rotatable bonds is 4. The zero-order valence-corrected chi connectivity index (χ0v) is 16.0. The van der Waals surface area contributed by atoms with E-state index in [0.29, 0.717) is 5.02 Å². The Balaban J connectivity index is 1.54. The summed E-state index contributed by atoms with van der Waals surface area (Å²) < 4.78 is 0. The Morgan fingerprint density at radius 3 is 2.88 bits per heavy atom. The van der Waals surface area contributed by atoms with Crippen molar-refractivity contribution in [3.05, 3.63) is 46.1 Å². The number of hydrogen-bond donors (Lipinski definition) is 1. The molecule has 2 aromatic heterocycles. The third kappa shape index (κ3) is 3.38. The van der Waals surface area contributed by atoms with Crippen LogP contribution in [0.15, 0.2) is 35.6 Å². The number of carbonyl (C=O) groups excluding carboxylic acids is 1. The van der Waals surface area contributed by atoms with Crippen LogP contribution >= 0.6 is 34.7 Å². The molecule has 1 N–H and O–H groups in total. The Kier molecular flexibility index (Phi) is 4.67. The van der Waals surface area contributed by atoms with Crippen molar-refractivity contribution in [1.29, 1.82) is 0 Å². The molecule has 0 saturated carbocycles. The number of nitrogens with one attached hydrogen (secondary N) is 1. The van der Waals surface area contributed by atoms with Crippen LogP contribution in [0.4, 0.5) is 5.69 Å². The summed E-state index contributed by atoms with van der Waals surface area (Å²) in [6, 6.07) is 7.12. The van der Waals surface area contributed by atoms with Crippen LogP contribution in [0.2, 0.25) is 5.02 Å². The number of aromatic nitrogens is 2. The summed E-state index contributed by atoms with van der Waals surface area (Å²) in [6.07, 6.45) is 5.01. The molecule has 0 saturated heterocycles. The first-order valence-electron chi connectivity index (χ1n) is 8.10. The van der Waals surface area contributed by atoms with Crippen LogP contribution in [0.5, 0.6) is 0 Å². The second-order valence-corrected chi connectivity index (χ2v) is 8.82. The quantitative estimate of drug-likeness (QED) is 0.506. The van der Waals surface area contributed by atoms with Gasteiger partial charge in [-0.15, -0.1) is 11.3 Å². The Labute approximate surface area is 159 Å². The summed E-state index contributed by atoms with van der Waals surface area (Å²) in [6.45, 7) is 1.90. The molecule has 1 atom stereocenters. The molecule has 4 nitrogen and oxygen atoms in total. The second kappa shape index (κ2) is 6.94. The van der Waals surface area contributed by atoms with Crippen molar-refractivity contribution >= 4 is 56.5 Å². The van der Waals surface area contributed by atoms with E-state index in [-0.39, 0.29) is 11.2 Å². The topological polar surface area (TPSA) is 54.9 Å². The molecule has 1 aliphatic rings. The van der Waals surface area contributed by atoms with Crippen molar-refractivity contribution < 1.29 is 4.79 Å². The van der Waals surface area contributed by atoms with E-state index in [2.05, 4.69) is 15.3 Å². The fourth-order valence-electron chi connectivity index (χ4n) is 2.99. The number of aryl methyl sites for hydroxylation is 2. The highest BCUT2D eigenvalue weighted by Crippen LogP contribution is 2.40. The first-order valence-corrected chi connectivity index (χ1v) is 10.2. The molecule has 0 fully saturated rings. The van der Waals surface area contributed by atoms with E-state index in [1.165, 1.54) is 28.6 Å². The van der Waals surface area contributed by atoms with Crippen molar-refractivity contribution in [2.45, 2.75) is 36.5 Å². The molecule has 1 aliphatic carbocycles. The van der Waals surface area contributed by atoms with Gasteiger partial charge < -0.3 is 5.32 Å². The molecule has 128 valence electrons. The van der Waals surface area contributed by atoms with Crippen LogP contribution in [-0.4, -0.2) is 21.1 Å². The second-order valence-electron chi connectivity index (χ2n) is 5.97. The molecule has 2 heterocycles. The van der Waals surface area contributed by atoms with Gasteiger partial charge in [0.05, 0.1) is 5.25 Å². The maximum atomic E-state index is 12.5. The maximum absolute atomic E-state index is 12.5. The van der Waals surface area contributed by atoms with Crippen molar-refractivity contribution in [3.8, 4) is 0 Å². The van der Waals surface area contributed by atoms with Gasteiger partial charge in [0.1, 0.15) is 16.2 Å². The van der Waals surface area contributed by atoms with Gasteiger partial charge in [0.25, 0.3) is 0 Å². The number of fused-ring (bicyclic) bond motifs is 3. The zero-order valence-electron chi connectivity index (χ0n) is 13.6. The highest BCUT2D eigenvalue weighted by atomic mass is 35.5. The molecular weight excluding hydrogens is 374 g/mol. The average Bonchev–Trinajstić information content (AvgIpc) is 3.18. The van der Waals surface area contributed by atoms with E-state index in [4.69, 9.17) is 11.6 Å². The summed E-state index contributed by atoms with van der Waals surface area (Å²) in [5.74, 6) is -0.0500. The molecule has 7 heteroatoms. The minimum Gasteiger partial charge on any atom is -0.325 e. The van der Waals surface area contributed by atoms with Crippen LogP contribution in [0, 0.1) is 0 Å². The Morgan fingerprint density at radius 2 is 2.08 bits per heavy atom. The lowest BCUT2D eigenvalue weighted by atomic mass is 10.2. The molecule has 3 aromatic rings. The number of thioether (sulfide) groups is 1. The summed E-state index contributed by atoms with van der Waals surface area (Å²) in [5, 5.41) is 5.37. The van der Waals surface area contributed by atoms with Gasteiger partial charge in [-0.25, -0.2) is 9.97 Å². The Morgan fingerprint density at radius 1 is 1.28 bits per heavy atom. The summed E-state index contributed by atoms with van der Waals surface area (Å²) in [7, 11) is 0. The van der Waals surface area contributed by atoms with Crippen molar-refractivity contribution in [1.82, 2.24) is 9.97 Å². The number of carbonyl (C=O) groups is 1. The van der Waals surface area contributed by atoms with Gasteiger partial charge in [-0.05, 0) is 56.0 Å². The minimum absolute atomic E-state index is 0.0500. The third-order valence-corrected chi connectivity index (χ3v) is 6.79. The first kappa shape index (κ1) is 16.8. The van der Waals surface area contributed by atoms with E-state index in [1.54, 1.807) is 41.9 Å². The molecule has 0 radical (unpaired) electrons. The van der Waals surface area contributed by atoms with E-state index >= 15 is 0 Å². The van der Waals surface area contributed by atoms with Crippen molar-refractivity contribution in [3.63, 3.8) is 0 Å². The van der Waals surface area contributed by atoms with Gasteiger partial charge in [-0.2, -0.15) is 0 Å². The van der Waals surface area contributed by atoms with Crippen LogP contribution < -0.4 is 5.32 Å². The third-order valence-electron chi connectivity index (χ3n) is 4.24. The smallest absolute Gasteiger partial charge is 0.237 e. The summed E-state index contributed by atoms with van der Waals surface area (Å²) in [4.78, 5) is 23.8. The highest BCUT2D eigenvalue weighted by Gasteiger charge is 2.23. The number of hydrogen-bond acceptors (Lipinski definition) is 5. The summed E-state index contributed by atoms with van der Waals surface area (Å²) >= 11 is 9.13. The maximum Gasteiger partial charge on any atom is 0.237 e. The SMILES string of the molecule is CC(Sc1ncnc2sc3c(c12)CCC3)C(=O)Nc1ccc(Cl)cc1. The van der Waals surface area contributed by atoms with E-state index < -0.39 is 0 Å². The number of thiophene rings is 1. The van der Waals surface area contributed by atoms with E-state index in [1.807, 2.05) is 6.92 Å². The van der Waals surface area contributed by atoms with Gasteiger partial charge in [0.2, 0.25) is 5.91 Å². The molecule has 0 bridgehead atoms. The minimum atomic E-state index is -0.259. The lowest BCUT2D eigenvalue weighted by Crippen LogP contribution is -2.22. The molecular formula is C18H16ClN3OS2. The van der Waals surface area contributed by atoms with Gasteiger partial charge in [-0.3, -0.25) is 4.79 Å². The summed E-state index contributed by atoms with van der Waals surface area (Å²) in [5.41, 5.74) is 2.12. The largest absolute Gasteiger partial charge is 0.325 e. The Bertz CT molecular complexity index is 939. The van der Waals surface area contributed by atoms with Crippen LogP contribution in [0.3, 0.4) is 0 Å². The number of benzene rings is 1. The standard InChI is InChI=1S/C18H16ClN3OS2/c1-10(16(23)22-12-7-5-11(19)6-8-12)24-17-15-13-3-2-4-14(13)25-18(15)21-9-20-17/h5-10H,2-4H2,1H3,(H,22,23). The van der Waals surface area contributed by atoms with Gasteiger partial charge in [-0.1, -0.05) is 23.4 Å². The monoisotopic (exact) mass is 389 g/mol. The predicted octanol–water partition coefficient (Wildman–Crippen LogP) is 4.95. The Hall–Kier alpha value is -1.63. The van der Waals surface area contributed by atoms with E-state index in [0.717, 1.165) is 33.8 Å². The molecule has 1 aromatic carbocycles. The molecule has 0 aliphatic heterocycles. The molecule has 0 spiro atoms. The van der Waals surface area contributed by atoms with Crippen LogP contribution in [-0.2, 0) is 17.6 Å². The average molecular weight is 390 g/mol. The van der Waals surface area contributed by atoms with Crippen LogP contribution in [0.1, 0.15) is 23.8 Å². The number of anilines is 1. The first-order chi connectivity index (χ1) is 12.1. The van der Waals surface area contributed by atoms with Crippen molar-refractivity contribution in [2.24, 2.45) is 0 Å². The lowest BCUT2D eigenvalue weighted by molar-refractivity contribution is -0.115. The molecule has 4 rings (SSSR count). The van der Waals surface area contributed by atoms with Gasteiger partial charge >= 0.3 is 0 Å². The zero-order chi connectivity index (χ0) is 17.4. The fraction of sp³-hybridized carbons (Fsp3) is 0.278. The lowest BCUT2D eigenvalue weighted by Gasteiger charge is -2.12. The number of halogens is 1. The van der Waals surface area contributed by atoms with Gasteiger partial charge in [0.15, 0.2) is 0 Å². The number of nitrogens with zero attached hydrogens (tertiary/aromatic N) is 2. The van der Waals surface area contributed by atoms with E-state index in [9.17, 15) is 4.79 Å². The number of amides is 1. The van der Waals surface area contributed by atoms with Crippen LogP contribution in [0.25, 0.3) is 10.2 Å². The van der Waals surface area contributed by atoms with Gasteiger partial charge in [0, 0.05) is 21.0 Å². The molecule has 1 unspecified atom stereocenters. The highest BCUT2D eigenvalue weighted by molar-refractivity contribution is 8.00. The predicted molar refractivity (Wildman–Crippen MR) is 105 cm³/mol. The molecule has 1 amide bonds. The fourth-order valence-corrected chi connectivity index (χ4v) is 5.35. The normalized spacial score (nSPS) is 14.5.